The van der Waals surface area contributed by atoms with Crippen LogP contribution in [0, 0.1) is 5.82 Å². The molecular formula is C21H14FNO4. The zero-order valence-electron chi connectivity index (χ0n) is 14.0. The van der Waals surface area contributed by atoms with E-state index in [1.165, 1.54) is 35.4 Å². The van der Waals surface area contributed by atoms with Crippen LogP contribution in [-0.4, -0.2) is 16.8 Å². The van der Waals surface area contributed by atoms with E-state index in [1.54, 1.807) is 42.5 Å². The molecule has 0 aliphatic carbocycles. The van der Waals surface area contributed by atoms with Crippen molar-refractivity contribution in [3.63, 3.8) is 0 Å². The molecule has 4 rings (SSSR count). The van der Waals surface area contributed by atoms with Gasteiger partial charge in [-0.3, -0.25) is 14.5 Å². The lowest BCUT2D eigenvalue weighted by atomic mass is 9.99. The largest absolute Gasteiger partial charge is 0.507 e. The highest BCUT2D eigenvalue weighted by atomic mass is 19.1. The third-order valence-electron chi connectivity index (χ3n) is 4.41. The van der Waals surface area contributed by atoms with Crippen molar-refractivity contribution in [1.82, 2.24) is 0 Å². The number of benzene rings is 2. The van der Waals surface area contributed by atoms with Crippen molar-refractivity contribution in [2.45, 2.75) is 6.04 Å². The summed E-state index contributed by atoms with van der Waals surface area (Å²) < 4.78 is 18.7. The van der Waals surface area contributed by atoms with Crippen molar-refractivity contribution in [3.05, 3.63) is 95.7 Å². The van der Waals surface area contributed by atoms with E-state index >= 15 is 0 Å². The van der Waals surface area contributed by atoms with E-state index < -0.39 is 23.5 Å². The molecule has 0 radical (unpaired) electrons. The molecular weight excluding hydrogens is 349 g/mol. The Kier molecular flexibility index (Phi) is 4.08. The lowest BCUT2D eigenvalue weighted by Gasteiger charge is -2.23. The van der Waals surface area contributed by atoms with Crippen LogP contribution < -0.4 is 4.90 Å². The zero-order valence-corrected chi connectivity index (χ0v) is 14.0. The molecule has 27 heavy (non-hydrogen) atoms. The van der Waals surface area contributed by atoms with Crippen LogP contribution in [0.1, 0.15) is 17.4 Å². The number of carbonyl (C=O) groups excluding carboxylic acids is 2. The van der Waals surface area contributed by atoms with Crippen molar-refractivity contribution in [2.75, 3.05) is 4.90 Å². The summed E-state index contributed by atoms with van der Waals surface area (Å²) in [7, 11) is 0. The fourth-order valence-electron chi connectivity index (χ4n) is 3.17. The van der Waals surface area contributed by atoms with Crippen LogP contribution in [-0.2, 0) is 9.59 Å². The highest BCUT2D eigenvalue weighted by molar-refractivity contribution is 6.51. The lowest BCUT2D eigenvalue weighted by molar-refractivity contribution is -0.132. The molecule has 1 fully saturated rings. The molecule has 0 saturated carbocycles. The number of aliphatic hydroxyl groups excluding tert-OH is 1. The van der Waals surface area contributed by atoms with E-state index in [2.05, 4.69) is 0 Å². The van der Waals surface area contributed by atoms with E-state index in [0.29, 0.717) is 11.4 Å². The first kappa shape index (κ1) is 16.8. The molecule has 0 bridgehead atoms. The predicted octanol–water partition coefficient (Wildman–Crippen LogP) is 4.05. The maximum Gasteiger partial charge on any atom is 0.300 e. The van der Waals surface area contributed by atoms with Gasteiger partial charge >= 0.3 is 0 Å². The molecule has 3 aromatic rings. The van der Waals surface area contributed by atoms with Crippen molar-refractivity contribution < 1.29 is 23.5 Å². The minimum Gasteiger partial charge on any atom is -0.507 e. The number of Topliss-reactive ketones (excluding diaryl/α,β-unsaturated/α-hetero) is 1. The maximum atomic E-state index is 13.2. The van der Waals surface area contributed by atoms with E-state index in [-0.39, 0.29) is 16.9 Å². The minimum atomic E-state index is -0.924. The number of nitrogens with zero attached hydrogens (tertiary/aromatic N) is 1. The Morgan fingerprint density at radius 3 is 2.30 bits per heavy atom. The fourth-order valence-corrected chi connectivity index (χ4v) is 3.17. The first-order chi connectivity index (χ1) is 13.1. The van der Waals surface area contributed by atoms with Gasteiger partial charge < -0.3 is 9.52 Å². The third-order valence-corrected chi connectivity index (χ3v) is 4.41. The van der Waals surface area contributed by atoms with Gasteiger partial charge in [0, 0.05) is 11.3 Å². The quantitative estimate of drug-likeness (QED) is 0.433. The second-order valence-electron chi connectivity index (χ2n) is 6.03. The topological polar surface area (TPSA) is 70.8 Å². The maximum absolute atomic E-state index is 13.2. The highest BCUT2D eigenvalue weighted by Gasteiger charge is 2.48. The van der Waals surface area contributed by atoms with Gasteiger partial charge in [-0.05, 0) is 48.5 Å². The number of rotatable bonds is 3. The molecule has 1 aliphatic rings. The SMILES string of the molecule is O=C1C(=O)N(c2ccccc2)C(c2ccco2)/C1=C(/O)c1ccc(F)cc1. The first-order valence-corrected chi connectivity index (χ1v) is 8.23. The smallest absolute Gasteiger partial charge is 0.300 e. The molecule has 1 aromatic heterocycles. The fraction of sp³-hybridized carbons (Fsp3) is 0.0476. The summed E-state index contributed by atoms with van der Waals surface area (Å²) >= 11 is 0. The van der Waals surface area contributed by atoms with E-state index in [1.807, 2.05) is 0 Å². The molecule has 6 heteroatoms. The van der Waals surface area contributed by atoms with Crippen LogP contribution in [0.15, 0.2) is 83.0 Å². The average Bonchev–Trinajstić information content (AvgIpc) is 3.30. The molecule has 134 valence electrons. The monoisotopic (exact) mass is 363 g/mol. The van der Waals surface area contributed by atoms with Crippen LogP contribution >= 0.6 is 0 Å². The molecule has 1 aliphatic heterocycles. The number of anilines is 1. The number of aliphatic hydroxyl groups is 1. The van der Waals surface area contributed by atoms with Crippen molar-refractivity contribution in [1.29, 1.82) is 0 Å². The van der Waals surface area contributed by atoms with Crippen LogP contribution in [0.5, 0.6) is 0 Å². The van der Waals surface area contributed by atoms with Crippen LogP contribution in [0.4, 0.5) is 10.1 Å². The van der Waals surface area contributed by atoms with Gasteiger partial charge in [-0.15, -0.1) is 0 Å². The van der Waals surface area contributed by atoms with Crippen LogP contribution in [0.3, 0.4) is 0 Å². The van der Waals surface area contributed by atoms with E-state index in [9.17, 15) is 19.1 Å². The predicted molar refractivity (Wildman–Crippen MR) is 96.3 cm³/mol. The molecule has 2 aromatic carbocycles. The Bertz CT molecular complexity index is 1020. The van der Waals surface area contributed by atoms with Crippen LogP contribution in [0.2, 0.25) is 0 Å². The molecule has 1 N–H and O–H groups in total. The number of halogens is 1. The van der Waals surface area contributed by atoms with Gasteiger partial charge in [-0.2, -0.15) is 0 Å². The molecule has 0 spiro atoms. The van der Waals surface area contributed by atoms with Gasteiger partial charge in [0.15, 0.2) is 0 Å². The van der Waals surface area contributed by atoms with Gasteiger partial charge in [0.05, 0.1) is 11.8 Å². The number of amides is 1. The standard InChI is InChI=1S/C21H14FNO4/c22-14-10-8-13(9-11-14)19(24)17-18(16-7-4-12-27-16)23(21(26)20(17)25)15-5-2-1-3-6-15/h1-12,18,24H/b19-17-. The van der Waals surface area contributed by atoms with Gasteiger partial charge in [0.25, 0.3) is 11.7 Å². The van der Waals surface area contributed by atoms with Crippen molar-refractivity contribution in [3.8, 4) is 0 Å². The summed E-state index contributed by atoms with van der Waals surface area (Å²) in [5.74, 6) is -2.12. The summed E-state index contributed by atoms with van der Waals surface area (Å²) in [5.41, 5.74) is 0.628. The number of hydrogen-bond donors (Lipinski definition) is 1. The van der Waals surface area contributed by atoms with Gasteiger partial charge in [0.1, 0.15) is 23.4 Å². The second-order valence-corrected chi connectivity index (χ2v) is 6.03. The summed E-state index contributed by atoms with van der Waals surface area (Å²) in [6.45, 7) is 0. The Balaban J connectivity index is 1.92. The number of hydrogen-bond acceptors (Lipinski definition) is 4. The van der Waals surface area contributed by atoms with Crippen LogP contribution in [0.25, 0.3) is 5.76 Å². The molecule has 5 nitrogen and oxygen atoms in total. The minimum absolute atomic E-state index is 0.106. The third kappa shape index (κ3) is 2.81. The molecule has 1 atom stereocenters. The second kappa shape index (κ2) is 6.57. The van der Waals surface area contributed by atoms with E-state index in [4.69, 9.17) is 4.42 Å². The molecule has 2 heterocycles. The number of para-hydroxylation sites is 1. The summed E-state index contributed by atoms with van der Waals surface area (Å²) in [4.78, 5) is 26.8. The van der Waals surface area contributed by atoms with E-state index in [0.717, 1.165) is 0 Å². The van der Waals surface area contributed by atoms with Crippen molar-refractivity contribution in [2.24, 2.45) is 0 Å². The summed E-state index contributed by atoms with van der Waals surface area (Å²) in [6.07, 6.45) is 1.43. The molecule has 1 unspecified atom stereocenters. The molecule has 1 amide bonds. The van der Waals surface area contributed by atoms with Crippen molar-refractivity contribution >= 4 is 23.1 Å². The van der Waals surface area contributed by atoms with Gasteiger partial charge in [-0.1, -0.05) is 18.2 Å². The number of furan rings is 1. The average molecular weight is 363 g/mol. The number of ketones is 1. The Morgan fingerprint density at radius 2 is 1.67 bits per heavy atom. The Labute approximate surface area is 154 Å². The van der Waals surface area contributed by atoms with Gasteiger partial charge in [0.2, 0.25) is 0 Å². The summed E-state index contributed by atoms with van der Waals surface area (Å²) in [5, 5.41) is 10.7. The molecule has 1 saturated heterocycles. The van der Waals surface area contributed by atoms with Gasteiger partial charge in [-0.25, -0.2) is 4.39 Å². The first-order valence-electron chi connectivity index (χ1n) is 8.23. The highest BCUT2D eigenvalue weighted by Crippen LogP contribution is 2.42. The summed E-state index contributed by atoms with van der Waals surface area (Å²) in [6, 6.07) is 16.0. The Morgan fingerprint density at radius 1 is 0.963 bits per heavy atom. The zero-order chi connectivity index (χ0) is 19.0. The number of carbonyl (C=O) groups is 2. The normalized spacial score (nSPS) is 18.9. The lowest BCUT2D eigenvalue weighted by Crippen LogP contribution is -2.29. The Hall–Kier alpha value is -3.67.